The second-order valence-electron chi connectivity index (χ2n) is 6.20. The maximum Gasteiger partial charge on any atom is 0.323 e. The lowest BCUT2D eigenvalue weighted by atomic mass is 10.0. The molecule has 4 aromatic rings. The van der Waals surface area contributed by atoms with E-state index in [0.29, 0.717) is 11.4 Å². The quantitative estimate of drug-likeness (QED) is 0.561. The summed E-state index contributed by atoms with van der Waals surface area (Å²) in [5.74, 6) is -0.215. The molecule has 28 heavy (non-hydrogen) atoms. The van der Waals surface area contributed by atoms with Gasteiger partial charge in [-0.05, 0) is 53.6 Å². The highest BCUT2D eigenvalue weighted by atomic mass is 19.1. The molecule has 0 aliphatic carbocycles. The number of fused-ring (bicyclic) bond motifs is 1. The van der Waals surface area contributed by atoms with E-state index in [-0.39, 0.29) is 5.95 Å². The zero-order chi connectivity index (χ0) is 19.7. The first-order chi connectivity index (χ1) is 13.5. The first-order valence-corrected chi connectivity index (χ1v) is 8.49. The average molecular weight is 373 g/mol. The molecular weight excluding hydrogens is 357 g/mol. The van der Waals surface area contributed by atoms with Crippen LogP contribution in [-0.4, -0.2) is 16.0 Å². The van der Waals surface area contributed by atoms with Crippen molar-refractivity contribution in [3.05, 3.63) is 78.7 Å². The fraction of sp³-hybridized carbons (Fsp3) is 0. The molecule has 1 heterocycles. The van der Waals surface area contributed by atoms with Crippen LogP contribution in [0.2, 0.25) is 0 Å². The molecule has 4 N–H and O–H groups in total. The number of carbonyl (C=O) groups is 1. The molecule has 0 aliphatic rings. The van der Waals surface area contributed by atoms with Crippen LogP contribution < -0.4 is 16.4 Å². The zero-order valence-corrected chi connectivity index (χ0v) is 14.7. The van der Waals surface area contributed by atoms with Crippen molar-refractivity contribution in [3.63, 3.8) is 0 Å². The maximum absolute atomic E-state index is 13.5. The van der Waals surface area contributed by atoms with Crippen molar-refractivity contribution in [2.24, 2.45) is 5.73 Å². The van der Waals surface area contributed by atoms with E-state index in [1.807, 2.05) is 30.3 Å². The molecule has 6 nitrogen and oxygen atoms in total. The molecule has 3 aromatic carbocycles. The fourth-order valence-electron chi connectivity index (χ4n) is 3.05. The van der Waals surface area contributed by atoms with E-state index < -0.39 is 11.8 Å². The van der Waals surface area contributed by atoms with Gasteiger partial charge in [0.15, 0.2) is 0 Å². The molecule has 2 amide bonds. The summed E-state index contributed by atoms with van der Waals surface area (Å²) < 4.78 is 13.5. The van der Waals surface area contributed by atoms with Crippen LogP contribution in [0.5, 0.6) is 0 Å². The third-order valence-electron chi connectivity index (χ3n) is 4.34. The molecule has 0 radical (unpaired) electrons. The van der Waals surface area contributed by atoms with E-state index in [9.17, 15) is 9.18 Å². The number of halogens is 1. The van der Waals surface area contributed by atoms with Crippen molar-refractivity contribution in [1.82, 2.24) is 9.97 Å². The van der Waals surface area contributed by atoms with Crippen LogP contribution in [0.1, 0.15) is 0 Å². The number of amides is 2. The Morgan fingerprint density at radius 1 is 0.929 bits per heavy atom. The summed E-state index contributed by atoms with van der Waals surface area (Å²) >= 11 is 0. The van der Waals surface area contributed by atoms with Gasteiger partial charge in [0.1, 0.15) is 5.82 Å². The first kappa shape index (κ1) is 17.4. The molecule has 7 heteroatoms. The number of hydrogen-bond donors (Lipinski definition) is 2. The highest BCUT2D eigenvalue weighted by molar-refractivity contribution is 5.98. The molecule has 0 unspecified atom stereocenters. The van der Waals surface area contributed by atoms with Gasteiger partial charge in [0, 0.05) is 11.6 Å². The van der Waals surface area contributed by atoms with Gasteiger partial charge in [0.2, 0.25) is 5.95 Å². The number of aromatic nitrogens is 2. The topological polar surface area (TPSA) is 98.1 Å². The number of nitrogens with zero attached hydrogens (tertiary/aromatic N) is 3. The minimum Gasteiger partial charge on any atom is -0.368 e. The van der Waals surface area contributed by atoms with Gasteiger partial charge >= 0.3 is 6.03 Å². The lowest BCUT2D eigenvalue weighted by Gasteiger charge is -2.21. The second-order valence-corrected chi connectivity index (χ2v) is 6.20. The molecule has 0 bridgehead atoms. The molecular formula is C21H16FN5O. The van der Waals surface area contributed by atoms with Crippen molar-refractivity contribution >= 4 is 34.3 Å². The molecule has 0 fully saturated rings. The number of nitrogen functional groups attached to an aromatic ring is 1. The van der Waals surface area contributed by atoms with E-state index in [4.69, 9.17) is 11.5 Å². The summed E-state index contributed by atoms with van der Waals surface area (Å²) in [5, 5.41) is 0.870. The number of primary amides is 1. The molecule has 0 saturated heterocycles. The SMILES string of the molecule is NC(=O)N(c1ccc(-c2ccc3nc(N)ncc3c2)cc1)c1cccc(F)c1. The molecule has 0 spiro atoms. The number of benzene rings is 3. The van der Waals surface area contributed by atoms with Gasteiger partial charge in [-0.15, -0.1) is 0 Å². The van der Waals surface area contributed by atoms with Crippen LogP contribution in [0, 0.1) is 5.82 Å². The minimum atomic E-state index is -0.696. The van der Waals surface area contributed by atoms with Gasteiger partial charge in [-0.2, -0.15) is 0 Å². The Morgan fingerprint density at radius 3 is 2.39 bits per heavy atom. The van der Waals surface area contributed by atoms with Crippen LogP contribution in [0.15, 0.2) is 72.9 Å². The Morgan fingerprint density at radius 2 is 1.68 bits per heavy atom. The minimum absolute atomic E-state index is 0.230. The second kappa shape index (κ2) is 6.96. The lowest BCUT2D eigenvalue weighted by Crippen LogP contribution is -2.31. The van der Waals surface area contributed by atoms with Gasteiger partial charge in [-0.1, -0.05) is 24.3 Å². The summed E-state index contributed by atoms with van der Waals surface area (Å²) in [4.78, 5) is 21.4. The maximum atomic E-state index is 13.5. The lowest BCUT2D eigenvalue weighted by molar-refractivity contribution is 0.256. The summed E-state index contributed by atoms with van der Waals surface area (Å²) in [5.41, 5.74) is 14.7. The van der Waals surface area contributed by atoms with Gasteiger partial charge in [-0.25, -0.2) is 19.2 Å². The third-order valence-corrected chi connectivity index (χ3v) is 4.34. The number of anilines is 3. The van der Waals surface area contributed by atoms with Crippen molar-refractivity contribution < 1.29 is 9.18 Å². The van der Waals surface area contributed by atoms with Gasteiger partial charge in [0.25, 0.3) is 0 Å². The van der Waals surface area contributed by atoms with E-state index in [1.54, 1.807) is 24.4 Å². The summed E-state index contributed by atoms with van der Waals surface area (Å²) in [6.45, 7) is 0. The highest BCUT2D eigenvalue weighted by Gasteiger charge is 2.15. The van der Waals surface area contributed by atoms with Gasteiger partial charge in [-0.3, -0.25) is 4.90 Å². The van der Waals surface area contributed by atoms with Gasteiger partial charge in [0.05, 0.1) is 16.9 Å². The summed E-state index contributed by atoms with van der Waals surface area (Å²) in [7, 11) is 0. The van der Waals surface area contributed by atoms with Crippen LogP contribution in [0.3, 0.4) is 0 Å². The highest BCUT2D eigenvalue weighted by Crippen LogP contribution is 2.29. The van der Waals surface area contributed by atoms with Crippen molar-refractivity contribution in [2.75, 3.05) is 10.6 Å². The van der Waals surface area contributed by atoms with Crippen molar-refractivity contribution in [1.29, 1.82) is 0 Å². The zero-order valence-electron chi connectivity index (χ0n) is 14.7. The molecule has 138 valence electrons. The van der Waals surface area contributed by atoms with E-state index in [0.717, 1.165) is 22.0 Å². The van der Waals surface area contributed by atoms with Crippen LogP contribution in [-0.2, 0) is 0 Å². The molecule has 0 aliphatic heterocycles. The number of urea groups is 1. The van der Waals surface area contributed by atoms with Crippen LogP contribution >= 0.6 is 0 Å². The monoisotopic (exact) mass is 373 g/mol. The van der Waals surface area contributed by atoms with E-state index >= 15 is 0 Å². The van der Waals surface area contributed by atoms with Crippen molar-refractivity contribution in [3.8, 4) is 11.1 Å². The van der Waals surface area contributed by atoms with Gasteiger partial charge < -0.3 is 11.5 Å². The predicted octanol–water partition coefficient (Wildman–Crippen LogP) is 4.23. The Balaban J connectivity index is 1.69. The first-order valence-electron chi connectivity index (χ1n) is 8.49. The molecule has 1 aromatic heterocycles. The number of carbonyl (C=O) groups excluding carboxylic acids is 1. The van der Waals surface area contributed by atoms with E-state index in [2.05, 4.69) is 9.97 Å². The largest absolute Gasteiger partial charge is 0.368 e. The van der Waals surface area contributed by atoms with E-state index in [1.165, 1.54) is 23.1 Å². The third kappa shape index (κ3) is 3.33. The Labute approximate surface area is 160 Å². The Kier molecular flexibility index (Phi) is 4.33. The molecule has 4 rings (SSSR count). The normalized spacial score (nSPS) is 10.8. The summed E-state index contributed by atoms with van der Waals surface area (Å²) in [6.07, 6.45) is 1.67. The Hall–Kier alpha value is -4.00. The predicted molar refractivity (Wildman–Crippen MR) is 108 cm³/mol. The van der Waals surface area contributed by atoms with Crippen molar-refractivity contribution in [2.45, 2.75) is 0 Å². The molecule has 0 saturated carbocycles. The summed E-state index contributed by atoms with van der Waals surface area (Å²) in [6, 6.07) is 18.0. The smallest absolute Gasteiger partial charge is 0.323 e. The number of rotatable bonds is 3. The number of hydrogen-bond acceptors (Lipinski definition) is 4. The number of nitrogens with two attached hydrogens (primary N) is 2. The molecule has 0 atom stereocenters. The average Bonchev–Trinajstić information content (AvgIpc) is 2.68. The van der Waals surface area contributed by atoms with Crippen LogP contribution in [0.4, 0.5) is 26.5 Å². The van der Waals surface area contributed by atoms with Crippen LogP contribution in [0.25, 0.3) is 22.0 Å². The fourth-order valence-corrected chi connectivity index (χ4v) is 3.05. The Bertz CT molecular complexity index is 1180. The standard InChI is InChI=1S/C21H16FN5O/c22-16-2-1-3-18(11-16)27(21(24)28)17-7-4-13(5-8-17)14-6-9-19-15(10-14)12-25-20(23)26-19/h1-12H,(H2,24,28)(H2,23,25,26).